The van der Waals surface area contributed by atoms with Gasteiger partial charge in [0.25, 0.3) is 0 Å². The predicted molar refractivity (Wildman–Crippen MR) is 28.7 cm³/mol. The van der Waals surface area contributed by atoms with Crippen LogP contribution in [0.25, 0.3) is 0 Å². The number of rotatable bonds is 2. The van der Waals surface area contributed by atoms with Crippen molar-refractivity contribution >= 4 is 8.46 Å². The number of aliphatic hydroxyl groups is 1. The molecule has 0 saturated carbocycles. The molecule has 2 unspecified atom stereocenters. The van der Waals surface area contributed by atoms with E-state index >= 15 is 0 Å². The predicted octanol–water partition coefficient (Wildman–Crippen LogP) is 1.05. The van der Waals surface area contributed by atoms with Gasteiger partial charge in [0, 0.05) is 0 Å². The molecule has 0 spiro atoms. The second kappa shape index (κ2) is 3.11. The van der Waals surface area contributed by atoms with E-state index in [-0.39, 0.29) is 14.1 Å². The minimum atomic E-state index is -0.459. The van der Waals surface area contributed by atoms with Crippen LogP contribution in [0.15, 0.2) is 0 Å². The maximum Gasteiger partial charge on any atom is 0.161 e. The fourth-order valence-electron chi connectivity index (χ4n) is 0.0881. The van der Waals surface area contributed by atoms with Gasteiger partial charge in [0.1, 0.15) is 0 Å². The fraction of sp³-hybridized carbons (Fsp3) is 1.00. The zero-order valence-corrected chi connectivity index (χ0v) is 5.35. The van der Waals surface area contributed by atoms with E-state index in [1.165, 1.54) is 0 Å². The molecule has 0 bridgehead atoms. The van der Waals surface area contributed by atoms with Crippen LogP contribution in [0.3, 0.4) is 0 Å². The van der Waals surface area contributed by atoms with Crippen LogP contribution in [0.5, 0.6) is 0 Å². The Labute approximate surface area is 44.7 Å². The Morgan fingerprint density at radius 2 is 2.00 bits per heavy atom. The molecule has 0 radical (unpaired) electrons. The largest absolute Gasteiger partial charge is 0.392 e. The van der Waals surface area contributed by atoms with Crippen molar-refractivity contribution < 1.29 is 9.67 Å². The van der Waals surface area contributed by atoms with Gasteiger partial charge in [0.15, 0.2) is 8.46 Å². The van der Waals surface area contributed by atoms with E-state index in [0.717, 1.165) is 0 Å². The summed E-state index contributed by atoms with van der Waals surface area (Å²) in [6.45, 7) is 3.34. The van der Waals surface area contributed by atoms with Crippen molar-refractivity contribution in [2.45, 2.75) is 25.6 Å². The molecule has 3 heteroatoms. The van der Waals surface area contributed by atoms with Crippen LogP contribution in [0.4, 0.5) is 0 Å². The molecular weight excluding hydrogens is 111 g/mol. The summed E-state index contributed by atoms with van der Waals surface area (Å²) in [6.07, 6.45) is -0.459. The molecule has 2 atom stereocenters. The van der Waals surface area contributed by atoms with E-state index < -0.39 is 6.10 Å². The van der Waals surface area contributed by atoms with Gasteiger partial charge < -0.3 is 5.11 Å². The normalized spacial score (nSPS) is 19.3. The average molecular weight is 120 g/mol. The summed E-state index contributed by atoms with van der Waals surface area (Å²) in [5.74, 6) is 0. The third-order valence-corrected chi connectivity index (χ3v) is 1.63. The van der Waals surface area contributed by atoms with Crippen LogP contribution < -0.4 is 0 Å². The van der Waals surface area contributed by atoms with Crippen LogP contribution >= 0.6 is 8.46 Å². The Morgan fingerprint density at radius 1 is 1.57 bits per heavy atom. The van der Waals surface area contributed by atoms with Crippen LogP contribution in [0.1, 0.15) is 13.8 Å². The van der Waals surface area contributed by atoms with Gasteiger partial charge in [-0.2, -0.15) is 0 Å². The molecule has 0 fully saturated rings. The zero-order chi connectivity index (χ0) is 5.86. The van der Waals surface area contributed by atoms with E-state index in [1.54, 1.807) is 13.8 Å². The first-order valence-corrected chi connectivity index (χ1v) is 3.07. The maximum absolute atomic E-state index is 9.88. The highest BCUT2D eigenvalue weighted by atomic mass is 31.1. The lowest BCUT2D eigenvalue weighted by Gasteiger charge is -2.02. The number of hydrogen-bond acceptors (Lipinski definition) is 2. The summed E-state index contributed by atoms with van der Waals surface area (Å²) in [6, 6.07) is 0. The average Bonchev–Trinajstić information content (AvgIpc) is 1.65. The first kappa shape index (κ1) is 7.06. The molecule has 42 valence electrons. The second-order valence-corrected chi connectivity index (χ2v) is 2.61. The van der Waals surface area contributed by atoms with E-state index in [2.05, 4.69) is 0 Å². The Morgan fingerprint density at radius 3 is 2.00 bits per heavy atom. The third kappa shape index (κ3) is 2.72. The first-order chi connectivity index (χ1) is 3.18. The summed E-state index contributed by atoms with van der Waals surface area (Å²) in [7, 11) is 0.0224. The Hall–Kier alpha value is 0.0600. The topological polar surface area (TPSA) is 37.3 Å². The minimum absolute atomic E-state index is 0.0224. The quantitative estimate of drug-likeness (QED) is 0.553. The van der Waals surface area contributed by atoms with E-state index in [0.29, 0.717) is 0 Å². The third-order valence-electron chi connectivity index (χ3n) is 0.864. The number of aliphatic hydroxyl groups excluding tert-OH is 1. The number of hydrogen-bond donors (Lipinski definition) is 1. The van der Waals surface area contributed by atoms with Crippen LogP contribution in [0, 0.1) is 0 Å². The summed E-state index contributed by atoms with van der Waals surface area (Å²) in [5, 5.41) is 8.61. The van der Waals surface area contributed by atoms with Gasteiger partial charge >= 0.3 is 0 Å². The molecule has 0 aliphatic rings. The van der Waals surface area contributed by atoms with Crippen molar-refractivity contribution in [3.05, 3.63) is 0 Å². The Balaban J connectivity index is 3.33. The van der Waals surface area contributed by atoms with Crippen molar-refractivity contribution in [2.75, 3.05) is 0 Å². The monoisotopic (exact) mass is 120 g/mol. The smallest absolute Gasteiger partial charge is 0.161 e. The molecule has 0 aliphatic carbocycles. The maximum atomic E-state index is 9.88. The van der Waals surface area contributed by atoms with Crippen molar-refractivity contribution in [2.24, 2.45) is 0 Å². The highest BCUT2D eigenvalue weighted by Crippen LogP contribution is 2.08. The van der Waals surface area contributed by atoms with Crippen LogP contribution in [-0.4, -0.2) is 16.9 Å². The molecule has 0 saturated heterocycles. The van der Waals surface area contributed by atoms with Crippen LogP contribution in [0.2, 0.25) is 0 Å². The van der Waals surface area contributed by atoms with Gasteiger partial charge in [-0.1, -0.05) is 0 Å². The molecule has 0 aromatic rings. The standard InChI is InChI=1S/C4H9O2P/c1-3(5)4(2)7-6/h3-5H,1-2H3. The fourth-order valence-corrected chi connectivity index (χ4v) is 0.264. The van der Waals surface area contributed by atoms with Crippen molar-refractivity contribution in [3.63, 3.8) is 0 Å². The SMILES string of the molecule is CC(O)C(C)P=O. The van der Waals surface area contributed by atoms with Gasteiger partial charge in [0.2, 0.25) is 0 Å². The highest BCUT2D eigenvalue weighted by molar-refractivity contribution is 7.24. The molecule has 0 amide bonds. The van der Waals surface area contributed by atoms with Gasteiger partial charge in [-0.3, -0.25) is 4.57 Å². The zero-order valence-electron chi connectivity index (χ0n) is 4.46. The van der Waals surface area contributed by atoms with Crippen LogP contribution in [-0.2, 0) is 4.57 Å². The lowest BCUT2D eigenvalue weighted by Crippen LogP contribution is -2.11. The van der Waals surface area contributed by atoms with Crippen molar-refractivity contribution in [1.29, 1.82) is 0 Å². The van der Waals surface area contributed by atoms with Crippen molar-refractivity contribution in [3.8, 4) is 0 Å². The molecule has 2 nitrogen and oxygen atoms in total. The molecule has 0 aromatic heterocycles. The summed E-state index contributed by atoms with van der Waals surface area (Å²) >= 11 is 0. The van der Waals surface area contributed by atoms with Crippen molar-refractivity contribution in [1.82, 2.24) is 0 Å². The lowest BCUT2D eigenvalue weighted by molar-refractivity contribution is 0.194. The van der Waals surface area contributed by atoms with Gasteiger partial charge in [-0.25, -0.2) is 0 Å². The molecule has 0 aromatic carbocycles. The highest BCUT2D eigenvalue weighted by Gasteiger charge is 2.05. The summed E-state index contributed by atoms with van der Waals surface area (Å²) < 4.78 is 9.88. The Kier molecular flexibility index (Phi) is 3.14. The molecule has 0 rings (SSSR count). The minimum Gasteiger partial charge on any atom is -0.392 e. The van der Waals surface area contributed by atoms with E-state index in [9.17, 15) is 4.57 Å². The lowest BCUT2D eigenvalue weighted by atomic mass is 10.3. The van der Waals surface area contributed by atoms with Gasteiger partial charge in [0.05, 0.1) is 11.8 Å². The molecule has 7 heavy (non-hydrogen) atoms. The molecule has 0 aliphatic heterocycles. The summed E-state index contributed by atoms with van der Waals surface area (Å²) in [5.41, 5.74) is -0.125. The first-order valence-electron chi connectivity index (χ1n) is 2.19. The molecule has 1 N–H and O–H groups in total. The second-order valence-electron chi connectivity index (χ2n) is 1.59. The summed E-state index contributed by atoms with van der Waals surface area (Å²) in [4.78, 5) is 0. The van der Waals surface area contributed by atoms with E-state index in [1.807, 2.05) is 0 Å². The van der Waals surface area contributed by atoms with Gasteiger partial charge in [-0.15, -0.1) is 0 Å². The van der Waals surface area contributed by atoms with Gasteiger partial charge in [-0.05, 0) is 13.8 Å². The molecule has 0 heterocycles. The molecular formula is C4H9O2P. The Bertz CT molecular complexity index is 62.7. The van der Waals surface area contributed by atoms with E-state index in [4.69, 9.17) is 5.11 Å².